The van der Waals surface area contributed by atoms with Crippen molar-refractivity contribution in [3.63, 3.8) is 0 Å². The second-order valence-corrected chi connectivity index (χ2v) is 7.76. The van der Waals surface area contributed by atoms with Crippen molar-refractivity contribution in [1.29, 1.82) is 5.41 Å². The van der Waals surface area contributed by atoms with Crippen LogP contribution in [-0.4, -0.2) is 22.5 Å². The van der Waals surface area contributed by atoms with E-state index in [0.717, 1.165) is 16.9 Å². The van der Waals surface area contributed by atoms with Crippen LogP contribution in [-0.2, 0) is 0 Å². The minimum atomic E-state index is 0.196. The van der Waals surface area contributed by atoms with Gasteiger partial charge in [0.25, 0.3) is 0 Å². The molecule has 27 heavy (non-hydrogen) atoms. The molecule has 2 N–H and O–H groups in total. The molecule has 0 atom stereocenters. The Hall–Kier alpha value is -2.92. The van der Waals surface area contributed by atoms with Crippen molar-refractivity contribution in [1.82, 2.24) is 4.98 Å². The number of benzene rings is 2. The largest absolute Gasteiger partial charge is 0.510 e. The Bertz CT molecular complexity index is 1000. The Balaban J connectivity index is 1.60. The molecule has 136 valence electrons. The van der Waals surface area contributed by atoms with Crippen molar-refractivity contribution >= 4 is 28.4 Å². The van der Waals surface area contributed by atoms with E-state index in [1.807, 2.05) is 52.7 Å². The van der Waals surface area contributed by atoms with Gasteiger partial charge in [0, 0.05) is 16.6 Å². The zero-order valence-corrected chi connectivity index (χ0v) is 16.1. The van der Waals surface area contributed by atoms with Crippen LogP contribution in [0.3, 0.4) is 0 Å². The van der Waals surface area contributed by atoms with Crippen molar-refractivity contribution in [3.05, 3.63) is 76.3 Å². The van der Waals surface area contributed by atoms with Crippen LogP contribution < -0.4 is 4.90 Å². The fraction of sp³-hybridized carbons (Fsp3) is 0.182. The van der Waals surface area contributed by atoms with Gasteiger partial charge in [0.05, 0.1) is 17.8 Å². The third-order valence-corrected chi connectivity index (χ3v) is 5.62. The van der Waals surface area contributed by atoms with Gasteiger partial charge in [0.2, 0.25) is 0 Å². The Morgan fingerprint density at radius 1 is 1.07 bits per heavy atom. The number of hydrogen-bond donors (Lipinski definition) is 2. The van der Waals surface area contributed by atoms with Gasteiger partial charge in [0.15, 0.2) is 0 Å². The average molecular weight is 375 g/mol. The van der Waals surface area contributed by atoms with Crippen LogP contribution in [0.4, 0.5) is 5.69 Å². The van der Waals surface area contributed by atoms with Gasteiger partial charge in [-0.25, -0.2) is 4.98 Å². The molecule has 1 aromatic heterocycles. The highest BCUT2D eigenvalue weighted by Crippen LogP contribution is 2.34. The normalized spacial score (nSPS) is 14.5. The molecule has 0 saturated carbocycles. The lowest BCUT2D eigenvalue weighted by Crippen LogP contribution is -2.26. The smallest absolute Gasteiger partial charge is 0.139 e. The first-order chi connectivity index (χ1) is 13.0. The number of aliphatic hydroxyl groups is 1. The van der Waals surface area contributed by atoms with Crippen LogP contribution in [0.15, 0.2) is 65.7 Å². The van der Waals surface area contributed by atoms with Crippen LogP contribution in [0, 0.1) is 5.41 Å². The third-order valence-electron chi connectivity index (χ3n) is 4.76. The highest BCUT2D eigenvalue weighted by Gasteiger charge is 2.31. The van der Waals surface area contributed by atoms with Crippen LogP contribution in [0.2, 0.25) is 0 Å². The minimum absolute atomic E-state index is 0.196. The van der Waals surface area contributed by atoms with Crippen molar-refractivity contribution in [3.8, 4) is 11.3 Å². The van der Waals surface area contributed by atoms with E-state index < -0.39 is 0 Å². The molecule has 0 saturated heterocycles. The van der Waals surface area contributed by atoms with Crippen molar-refractivity contribution in [2.45, 2.75) is 19.8 Å². The molecule has 4 nitrogen and oxygen atoms in total. The monoisotopic (exact) mass is 375 g/mol. The summed E-state index contributed by atoms with van der Waals surface area (Å²) in [6, 6.07) is 18.1. The van der Waals surface area contributed by atoms with Gasteiger partial charge in [-0.2, -0.15) is 0 Å². The first-order valence-electron chi connectivity index (χ1n) is 8.94. The van der Waals surface area contributed by atoms with Crippen LogP contribution >= 0.6 is 11.3 Å². The second-order valence-electron chi connectivity index (χ2n) is 6.91. The Kier molecular flexibility index (Phi) is 4.54. The minimum Gasteiger partial charge on any atom is -0.510 e. The molecule has 5 heteroatoms. The maximum Gasteiger partial charge on any atom is 0.139 e. The summed E-state index contributed by atoms with van der Waals surface area (Å²) in [4.78, 5) is 6.48. The van der Waals surface area contributed by atoms with Crippen molar-refractivity contribution in [2.75, 3.05) is 11.4 Å². The number of hydrogen-bond acceptors (Lipinski definition) is 4. The molecule has 0 unspecified atom stereocenters. The van der Waals surface area contributed by atoms with Gasteiger partial charge in [-0.05, 0) is 23.6 Å². The number of aromatic nitrogens is 1. The number of nitrogens with one attached hydrogen (secondary N) is 1. The Morgan fingerprint density at radius 2 is 1.78 bits per heavy atom. The van der Waals surface area contributed by atoms with E-state index >= 15 is 0 Å². The number of amidine groups is 1. The van der Waals surface area contributed by atoms with E-state index in [9.17, 15) is 5.11 Å². The van der Waals surface area contributed by atoms with Gasteiger partial charge in [-0.3, -0.25) is 5.41 Å². The fourth-order valence-corrected chi connectivity index (χ4v) is 4.09. The molecule has 0 amide bonds. The van der Waals surface area contributed by atoms with Crippen LogP contribution in [0.5, 0.6) is 0 Å². The van der Waals surface area contributed by atoms with E-state index in [1.54, 1.807) is 0 Å². The van der Waals surface area contributed by atoms with Gasteiger partial charge in [-0.1, -0.05) is 56.3 Å². The van der Waals surface area contributed by atoms with Gasteiger partial charge >= 0.3 is 0 Å². The molecule has 0 aliphatic carbocycles. The molecule has 1 aliphatic rings. The number of aliphatic hydroxyl groups excluding tert-OH is 1. The lowest BCUT2D eigenvalue weighted by atomic mass is 10.0. The number of rotatable bonds is 4. The molecule has 0 radical (unpaired) electrons. The fourth-order valence-electron chi connectivity index (χ4n) is 3.19. The molecule has 0 bridgehead atoms. The average Bonchev–Trinajstić information content (AvgIpc) is 3.27. The van der Waals surface area contributed by atoms with E-state index in [1.165, 1.54) is 16.9 Å². The molecule has 2 aromatic carbocycles. The summed E-state index contributed by atoms with van der Waals surface area (Å²) in [5, 5.41) is 21.8. The summed E-state index contributed by atoms with van der Waals surface area (Å²) in [6.45, 7) is 4.62. The summed E-state index contributed by atoms with van der Waals surface area (Å²) in [6.07, 6.45) is 0. The van der Waals surface area contributed by atoms with E-state index in [2.05, 4.69) is 31.0 Å². The number of anilines is 1. The first-order valence-corrected chi connectivity index (χ1v) is 9.82. The summed E-state index contributed by atoms with van der Waals surface area (Å²) in [5.41, 5.74) is 4.59. The molecule has 0 fully saturated rings. The molecule has 2 heterocycles. The van der Waals surface area contributed by atoms with Gasteiger partial charge in [-0.15, -0.1) is 11.3 Å². The highest BCUT2D eigenvalue weighted by atomic mass is 32.1. The molecule has 0 spiro atoms. The van der Waals surface area contributed by atoms with Gasteiger partial charge < -0.3 is 10.0 Å². The standard InChI is InChI=1S/C22H21N3OS/c1-14(2)15-8-10-17(11-9-15)25-12-19(26)20(21(25)23)22-24-18(13-27-22)16-6-4-3-5-7-16/h3-11,13-14,23,26H,12H2,1-2H3. The van der Waals surface area contributed by atoms with E-state index in [-0.39, 0.29) is 5.76 Å². The van der Waals surface area contributed by atoms with E-state index in [4.69, 9.17) is 5.41 Å². The summed E-state index contributed by atoms with van der Waals surface area (Å²) < 4.78 is 0. The predicted octanol–water partition coefficient (Wildman–Crippen LogP) is 5.70. The molecular formula is C22H21N3OS. The lowest BCUT2D eigenvalue weighted by molar-refractivity contribution is 0.411. The van der Waals surface area contributed by atoms with Gasteiger partial charge in [0.1, 0.15) is 16.6 Å². The Morgan fingerprint density at radius 3 is 2.44 bits per heavy atom. The van der Waals surface area contributed by atoms with Crippen molar-refractivity contribution < 1.29 is 5.11 Å². The molecule has 3 aromatic rings. The lowest BCUT2D eigenvalue weighted by Gasteiger charge is -2.19. The zero-order valence-electron chi connectivity index (χ0n) is 15.3. The summed E-state index contributed by atoms with van der Waals surface area (Å²) >= 11 is 1.46. The maximum atomic E-state index is 10.5. The number of thiazole rings is 1. The second kappa shape index (κ2) is 7.00. The molecule has 1 aliphatic heterocycles. The summed E-state index contributed by atoms with van der Waals surface area (Å²) in [7, 11) is 0. The topological polar surface area (TPSA) is 60.2 Å². The summed E-state index contributed by atoms with van der Waals surface area (Å²) in [5.74, 6) is 0.951. The quantitative estimate of drug-likeness (QED) is 0.615. The van der Waals surface area contributed by atoms with Crippen molar-refractivity contribution in [2.24, 2.45) is 0 Å². The predicted molar refractivity (Wildman–Crippen MR) is 113 cm³/mol. The number of nitrogens with zero attached hydrogens (tertiary/aromatic N) is 2. The van der Waals surface area contributed by atoms with Crippen LogP contribution in [0.1, 0.15) is 30.3 Å². The van der Waals surface area contributed by atoms with Crippen LogP contribution in [0.25, 0.3) is 16.8 Å². The first kappa shape index (κ1) is 17.5. The van der Waals surface area contributed by atoms with E-state index in [0.29, 0.717) is 28.9 Å². The molecule has 4 rings (SSSR count). The molecular weight excluding hydrogens is 354 g/mol. The zero-order chi connectivity index (χ0) is 19.0. The Labute approximate surface area is 163 Å². The third kappa shape index (κ3) is 3.26. The maximum absolute atomic E-state index is 10.5. The SMILES string of the molecule is CC(C)c1ccc(N2CC(O)=C(c3nc(-c4ccccc4)cs3)C2=N)cc1. The highest BCUT2D eigenvalue weighted by molar-refractivity contribution is 7.11.